The fourth-order valence-electron chi connectivity index (χ4n) is 3.50. The van der Waals surface area contributed by atoms with Crippen LogP contribution in [0.2, 0.25) is 10.0 Å². The van der Waals surface area contributed by atoms with Gasteiger partial charge in [-0.3, -0.25) is 9.69 Å². The molecule has 3 amide bonds. The molecule has 0 spiro atoms. The van der Waals surface area contributed by atoms with Crippen LogP contribution in [-0.2, 0) is 16.8 Å². The first-order chi connectivity index (χ1) is 17.8. The van der Waals surface area contributed by atoms with Gasteiger partial charge in [0.05, 0.1) is 23.1 Å². The highest BCUT2D eigenvalue weighted by atomic mass is 35.5. The van der Waals surface area contributed by atoms with E-state index in [0.717, 1.165) is 11.1 Å². The van der Waals surface area contributed by atoms with E-state index in [2.05, 4.69) is 31.4 Å². The van der Waals surface area contributed by atoms with Crippen LogP contribution in [0.3, 0.4) is 0 Å². The van der Waals surface area contributed by atoms with Crippen molar-refractivity contribution in [2.45, 2.75) is 38.9 Å². The van der Waals surface area contributed by atoms with E-state index in [1.807, 2.05) is 24.3 Å². The summed E-state index contributed by atoms with van der Waals surface area (Å²) in [4.78, 5) is 37.8. The third-order valence-electron chi connectivity index (χ3n) is 5.73. The van der Waals surface area contributed by atoms with Crippen molar-refractivity contribution in [3.63, 3.8) is 0 Å². The second-order valence-electron chi connectivity index (χ2n) is 9.65. The molecule has 3 aromatic carbocycles. The number of hydrogen-bond donors (Lipinski definition) is 3. The number of nitrogens with one attached hydrogen (secondary N) is 2. The zero-order chi connectivity index (χ0) is 28.0. The van der Waals surface area contributed by atoms with E-state index in [9.17, 15) is 18.8 Å². The summed E-state index contributed by atoms with van der Waals surface area (Å²) in [5.41, 5.74) is 3.13. The van der Waals surface area contributed by atoms with Gasteiger partial charge in [-0.2, -0.15) is 0 Å². The molecular weight excluding hydrogens is 532 g/mol. The van der Waals surface area contributed by atoms with Crippen molar-refractivity contribution in [3.05, 3.63) is 93.5 Å². The van der Waals surface area contributed by atoms with E-state index in [1.54, 1.807) is 35.2 Å². The zero-order valence-corrected chi connectivity index (χ0v) is 22.6. The molecule has 0 radical (unpaired) electrons. The first kappa shape index (κ1) is 28.9. The summed E-state index contributed by atoms with van der Waals surface area (Å²) in [6.07, 6.45) is -2.19. The Bertz CT molecular complexity index is 1310. The lowest BCUT2D eigenvalue weighted by atomic mass is 9.87. The number of hydrogen-bond acceptors (Lipinski definition) is 3. The van der Waals surface area contributed by atoms with Gasteiger partial charge in [-0.1, -0.05) is 68.2 Å². The number of aliphatic carboxylic acids is 1. The molecule has 3 rings (SSSR count). The molecule has 0 aliphatic heterocycles. The number of carbonyl (C=O) groups excluding carboxylic acids is 2. The lowest BCUT2D eigenvalue weighted by molar-refractivity contribution is -0.142. The molecule has 0 heterocycles. The maximum absolute atomic E-state index is 13.4. The Balaban J connectivity index is 1.82. The molecule has 1 atom stereocenters. The molecule has 0 aromatic heterocycles. The summed E-state index contributed by atoms with van der Waals surface area (Å²) in [6, 6.07) is 18.4. The van der Waals surface area contributed by atoms with Crippen molar-refractivity contribution < 1.29 is 23.9 Å². The fourth-order valence-corrected chi connectivity index (χ4v) is 3.80. The summed E-state index contributed by atoms with van der Waals surface area (Å²) < 4.78 is 13.3. The van der Waals surface area contributed by atoms with E-state index >= 15 is 0 Å². The molecule has 3 aromatic rings. The lowest BCUT2D eigenvalue weighted by Gasteiger charge is -2.25. The largest absolute Gasteiger partial charge is 0.479 e. The number of carboxylic acid groups (broad SMARTS) is 1. The van der Waals surface area contributed by atoms with Crippen LogP contribution in [0.4, 0.5) is 20.6 Å². The van der Waals surface area contributed by atoms with E-state index in [0.29, 0.717) is 21.4 Å². The van der Waals surface area contributed by atoms with Crippen LogP contribution in [0.15, 0.2) is 66.7 Å². The minimum absolute atomic E-state index is 0.0608. The van der Waals surface area contributed by atoms with Gasteiger partial charge in [0, 0.05) is 16.9 Å². The van der Waals surface area contributed by atoms with Crippen LogP contribution < -0.4 is 15.5 Å². The average Bonchev–Trinajstić information content (AvgIpc) is 2.87. The predicted molar refractivity (Wildman–Crippen MR) is 148 cm³/mol. The molecule has 200 valence electrons. The van der Waals surface area contributed by atoms with Crippen LogP contribution in [0.1, 0.15) is 42.3 Å². The van der Waals surface area contributed by atoms with Gasteiger partial charge in [0.2, 0.25) is 6.17 Å². The molecule has 10 heteroatoms. The van der Waals surface area contributed by atoms with Crippen LogP contribution in [-0.4, -0.2) is 35.7 Å². The van der Waals surface area contributed by atoms with Gasteiger partial charge in [0.15, 0.2) is 0 Å². The van der Waals surface area contributed by atoms with Crippen molar-refractivity contribution in [1.82, 2.24) is 5.32 Å². The monoisotopic (exact) mass is 559 g/mol. The van der Waals surface area contributed by atoms with Gasteiger partial charge in [-0.15, -0.1) is 0 Å². The Kier molecular flexibility index (Phi) is 9.36. The summed E-state index contributed by atoms with van der Waals surface area (Å²) in [5.74, 6) is -2.25. The van der Waals surface area contributed by atoms with Crippen LogP contribution in [0.5, 0.6) is 0 Å². The lowest BCUT2D eigenvalue weighted by Crippen LogP contribution is -2.35. The molecule has 0 saturated heterocycles. The number of anilines is 2. The highest BCUT2D eigenvalue weighted by Crippen LogP contribution is 2.28. The van der Waals surface area contributed by atoms with E-state index in [4.69, 9.17) is 28.3 Å². The molecule has 3 N–H and O–H groups in total. The second-order valence-corrected chi connectivity index (χ2v) is 10.5. The number of halogens is 3. The summed E-state index contributed by atoms with van der Waals surface area (Å²) in [7, 11) is 0. The minimum Gasteiger partial charge on any atom is -0.479 e. The Morgan fingerprint density at radius 1 is 0.947 bits per heavy atom. The molecule has 0 aliphatic carbocycles. The second kappa shape index (κ2) is 12.3. The van der Waals surface area contributed by atoms with Gasteiger partial charge in [0.1, 0.15) is 0 Å². The van der Waals surface area contributed by atoms with E-state index in [-0.39, 0.29) is 17.5 Å². The van der Waals surface area contributed by atoms with Crippen LogP contribution >= 0.6 is 23.2 Å². The number of nitrogens with zero attached hydrogens (tertiary/aromatic N) is 1. The van der Waals surface area contributed by atoms with Gasteiger partial charge < -0.3 is 15.7 Å². The van der Waals surface area contributed by atoms with Crippen molar-refractivity contribution in [2.75, 3.05) is 16.8 Å². The van der Waals surface area contributed by atoms with Gasteiger partial charge in [0.25, 0.3) is 5.91 Å². The Morgan fingerprint density at radius 3 is 2.13 bits per heavy atom. The third-order valence-corrected chi connectivity index (χ3v) is 6.47. The smallest absolute Gasteiger partial charge is 0.340 e. The Labute approximate surface area is 230 Å². The highest BCUT2D eigenvalue weighted by Gasteiger charge is 2.20. The predicted octanol–water partition coefficient (Wildman–Crippen LogP) is 6.68. The van der Waals surface area contributed by atoms with Gasteiger partial charge in [-0.05, 0) is 59.0 Å². The number of rotatable bonds is 8. The molecule has 38 heavy (non-hydrogen) atoms. The maximum atomic E-state index is 13.4. The number of urea groups is 1. The van der Waals surface area contributed by atoms with Crippen molar-refractivity contribution in [1.29, 1.82) is 0 Å². The first-order valence-corrected chi connectivity index (χ1v) is 12.5. The fraction of sp³-hybridized carbons (Fsp3) is 0.250. The molecule has 1 unspecified atom stereocenters. The number of carboxylic acids is 1. The summed E-state index contributed by atoms with van der Waals surface area (Å²) in [5, 5.41) is 14.4. The third kappa shape index (κ3) is 7.69. The molecule has 0 aliphatic rings. The topological polar surface area (TPSA) is 98.7 Å². The summed E-state index contributed by atoms with van der Waals surface area (Å²) in [6.45, 7) is 5.84. The Morgan fingerprint density at radius 2 is 1.58 bits per heavy atom. The van der Waals surface area contributed by atoms with Crippen molar-refractivity contribution in [2.24, 2.45) is 0 Å². The standard InChI is InChI=1S/C28H28Cl2FN3O4/c1-28(2,3)19-8-11-21(12-9-19)34(27(38)33-20-10-13-22(29)23(30)14-20)16-17-4-6-18(7-5-17)25(35)32-15-24(31)26(36)37/h4-14,24H,15-16H2,1-3H3,(H,32,35)(H,33,38)(H,36,37). The zero-order valence-electron chi connectivity index (χ0n) is 21.1. The molecule has 0 fully saturated rings. The maximum Gasteiger partial charge on any atom is 0.340 e. The average molecular weight is 560 g/mol. The molecule has 0 bridgehead atoms. The highest BCUT2D eigenvalue weighted by molar-refractivity contribution is 6.42. The van der Waals surface area contributed by atoms with Crippen molar-refractivity contribution >= 4 is 52.5 Å². The summed E-state index contributed by atoms with van der Waals surface area (Å²) >= 11 is 12.1. The molecular formula is C28H28Cl2FN3O4. The number of carbonyl (C=O) groups is 3. The first-order valence-electron chi connectivity index (χ1n) is 11.7. The quantitative estimate of drug-likeness (QED) is 0.286. The number of benzene rings is 3. The van der Waals surface area contributed by atoms with Gasteiger partial charge >= 0.3 is 12.0 Å². The van der Waals surface area contributed by atoms with E-state index < -0.39 is 30.6 Å². The minimum atomic E-state index is -2.19. The van der Waals surface area contributed by atoms with Crippen LogP contribution in [0.25, 0.3) is 0 Å². The van der Waals surface area contributed by atoms with Gasteiger partial charge in [-0.25, -0.2) is 14.0 Å². The molecule has 0 saturated carbocycles. The van der Waals surface area contributed by atoms with Crippen molar-refractivity contribution in [3.8, 4) is 0 Å². The number of amides is 3. The Hall–Kier alpha value is -3.62. The van der Waals surface area contributed by atoms with E-state index in [1.165, 1.54) is 12.1 Å². The molecule has 7 nitrogen and oxygen atoms in total. The van der Waals surface area contributed by atoms with Crippen LogP contribution in [0, 0.1) is 0 Å². The normalized spacial score (nSPS) is 11.9. The SMILES string of the molecule is CC(C)(C)c1ccc(N(Cc2ccc(C(=O)NCC(F)C(=O)O)cc2)C(=O)Nc2ccc(Cl)c(Cl)c2)cc1. The number of alkyl halides is 1.